The van der Waals surface area contributed by atoms with Gasteiger partial charge in [0, 0.05) is 6.04 Å². The number of aliphatic carboxylic acids is 1. The lowest BCUT2D eigenvalue weighted by Gasteiger charge is -2.29. The van der Waals surface area contributed by atoms with E-state index in [2.05, 4.69) is 6.92 Å². The molecule has 0 aromatic heterocycles. The molecule has 5 heteroatoms. The summed E-state index contributed by atoms with van der Waals surface area (Å²) < 4.78 is 10.7. The molecule has 0 spiro atoms. The Balaban J connectivity index is 1.91. The van der Waals surface area contributed by atoms with Crippen molar-refractivity contribution >= 4 is 5.97 Å². The maximum Gasteiger partial charge on any atom is 0.320 e. The van der Waals surface area contributed by atoms with Gasteiger partial charge in [0.05, 0.1) is 0 Å². The number of ether oxygens (including phenoxy) is 2. The number of rotatable bonds is 7. The molecule has 0 radical (unpaired) electrons. The monoisotopic (exact) mass is 293 g/mol. The summed E-state index contributed by atoms with van der Waals surface area (Å²) in [7, 11) is 1.88. The Morgan fingerprint density at radius 3 is 2.76 bits per heavy atom. The van der Waals surface area contributed by atoms with Crippen LogP contribution in [0.3, 0.4) is 0 Å². The number of carbonyl (C=O) groups is 1. The van der Waals surface area contributed by atoms with Gasteiger partial charge in [0.2, 0.25) is 6.79 Å². The van der Waals surface area contributed by atoms with E-state index in [9.17, 15) is 9.90 Å². The lowest BCUT2D eigenvalue weighted by molar-refractivity contribution is -0.143. The number of benzene rings is 1. The molecule has 0 fully saturated rings. The third-order valence-electron chi connectivity index (χ3n) is 4.15. The predicted molar refractivity (Wildman–Crippen MR) is 79.8 cm³/mol. The number of nitrogens with zero attached hydrogens (tertiary/aromatic N) is 1. The topological polar surface area (TPSA) is 59.0 Å². The van der Waals surface area contributed by atoms with Crippen LogP contribution >= 0.6 is 0 Å². The molecule has 21 heavy (non-hydrogen) atoms. The van der Waals surface area contributed by atoms with Crippen LogP contribution in [-0.2, 0) is 11.2 Å². The van der Waals surface area contributed by atoms with Gasteiger partial charge in [0.25, 0.3) is 0 Å². The Morgan fingerprint density at radius 2 is 2.10 bits per heavy atom. The number of carboxylic acid groups (broad SMARTS) is 1. The van der Waals surface area contributed by atoms with Crippen LogP contribution in [0.5, 0.6) is 11.5 Å². The van der Waals surface area contributed by atoms with Crippen molar-refractivity contribution in [1.82, 2.24) is 4.90 Å². The lowest BCUT2D eigenvalue weighted by atomic mass is 10.0. The second kappa shape index (κ2) is 6.80. The van der Waals surface area contributed by atoms with Crippen molar-refractivity contribution in [2.24, 2.45) is 0 Å². The molecule has 2 rings (SSSR count). The minimum Gasteiger partial charge on any atom is -0.480 e. The van der Waals surface area contributed by atoms with Crippen molar-refractivity contribution in [2.45, 2.75) is 45.2 Å². The average Bonchev–Trinajstić information content (AvgIpc) is 2.92. The van der Waals surface area contributed by atoms with Gasteiger partial charge in [-0.3, -0.25) is 9.69 Å². The molecule has 0 aliphatic carbocycles. The maximum absolute atomic E-state index is 11.2. The fourth-order valence-electron chi connectivity index (χ4n) is 2.62. The second-order valence-corrected chi connectivity index (χ2v) is 5.50. The van der Waals surface area contributed by atoms with Crippen LogP contribution in [0.1, 0.15) is 32.3 Å². The number of hydrogen-bond acceptors (Lipinski definition) is 4. The van der Waals surface area contributed by atoms with Crippen molar-refractivity contribution < 1.29 is 19.4 Å². The summed E-state index contributed by atoms with van der Waals surface area (Å²) in [6, 6.07) is 5.75. The van der Waals surface area contributed by atoms with Crippen molar-refractivity contribution in [2.75, 3.05) is 13.8 Å². The van der Waals surface area contributed by atoms with E-state index in [4.69, 9.17) is 9.47 Å². The molecule has 2 unspecified atom stereocenters. The molecule has 5 nitrogen and oxygen atoms in total. The second-order valence-electron chi connectivity index (χ2n) is 5.50. The number of aryl methyl sites for hydroxylation is 1. The van der Waals surface area contributed by atoms with Gasteiger partial charge in [0.1, 0.15) is 6.04 Å². The van der Waals surface area contributed by atoms with Crippen molar-refractivity contribution in [3.8, 4) is 11.5 Å². The van der Waals surface area contributed by atoms with Crippen LogP contribution in [0.2, 0.25) is 0 Å². The maximum atomic E-state index is 11.2. The van der Waals surface area contributed by atoms with E-state index in [0.29, 0.717) is 6.42 Å². The lowest BCUT2D eigenvalue weighted by Crippen LogP contribution is -2.43. The van der Waals surface area contributed by atoms with E-state index < -0.39 is 12.0 Å². The van der Waals surface area contributed by atoms with Crippen molar-refractivity contribution in [3.63, 3.8) is 0 Å². The highest BCUT2D eigenvalue weighted by Crippen LogP contribution is 2.32. The first-order valence-corrected chi connectivity index (χ1v) is 7.36. The normalized spacial score (nSPS) is 16.0. The summed E-state index contributed by atoms with van der Waals surface area (Å²) in [6.45, 7) is 4.26. The molecule has 0 saturated carbocycles. The summed E-state index contributed by atoms with van der Waals surface area (Å²) in [4.78, 5) is 13.1. The molecular weight excluding hydrogens is 270 g/mol. The van der Waals surface area contributed by atoms with Gasteiger partial charge in [0.15, 0.2) is 11.5 Å². The molecule has 116 valence electrons. The van der Waals surface area contributed by atoms with E-state index >= 15 is 0 Å². The average molecular weight is 293 g/mol. The van der Waals surface area contributed by atoms with Gasteiger partial charge in [-0.25, -0.2) is 0 Å². The Bertz CT molecular complexity index is 503. The molecule has 1 N–H and O–H groups in total. The molecular formula is C16H23NO4. The van der Waals surface area contributed by atoms with E-state index in [-0.39, 0.29) is 12.8 Å². The van der Waals surface area contributed by atoms with Gasteiger partial charge in [-0.15, -0.1) is 0 Å². The molecule has 1 aliphatic rings. The number of hydrogen-bond donors (Lipinski definition) is 1. The molecule has 2 atom stereocenters. The van der Waals surface area contributed by atoms with Gasteiger partial charge in [-0.1, -0.05) is 13.0 Å². The van der Waals surface area contributed by atoms with Crippen LogP contribution in [0.4, 0.5) is 0 Å². The molecule has 1 aromatic carbocycles. The third kappa shape index (κ3) is 3.67. The Kier molecular flexibility index (Phi) is 5.07. The first-order valence-electron chi connectivity index (χ1n) is 7.36. The van der Waals surface area contributed by atoms with Crippen molar-refractivity contribution in [1.29, 1.82) is 0 Å². The summed E-state index contributed by atoms with van der Waals surface area (Å²) in [5, 5.41) is 9.21. The largest absolute Gasteiger partial charge is 0.480 e. The highest BCUT2D eigenvalue weighted by molar-refractivity contribution is 5.73. The van der Waals surface area contributed by atoms with Gasteiger partial charge in [-0.2, -0.15) is 0 Å². The Hall–Kier alpha value is -1.75. The zero-order valence-electron chi connectivity index (χ0n) is 12.8. The summed E-state index contributed by atoms with van der Waals surface area (Å²) in [6.07, 6.45) is 2.40. The molecule has 1 heterocycles. The van der Waals surface area contributed by atoms with Crippen LogP contribution in [0.25, 0.3) is 0 Å². The first-order chi connectivity index (χ1) is 10.0. The van der Waals surface area contributed by atoms with E-state index in [1.807, 2.05) is 37.1 Å². The third-order valence-corrected chi connectivity index (χ3v) is 4.15. The minimum absolute atomic E-state index is 0.205. The van der Waals surface area contributed by atoms with Crippen LogP contribution in [0, 0.1) is 0 Å². The SMILES string of the molecule is CCC(C(=O)O)N(C)C(C)CCc1ccc2c(c1)OCO2. The first kappa shape index (κ1) is 15.6. The van der Waals surface area contributed by atoms with Gasteiger partial charge in [-0.05, 0) is 50.9 Å². The quantitative estimate of drug-likeness (QED) is 0.837. The summed E-state index contributed by atoms with van der Waals surface area (Å²) in [5.41, 5.74) is 1.18. The zero-order valence-corrected chi connectivity index (χ0v) is 12.8. The van der Waals surface area contributed by atoms with E-state index in [0.717, 1.165) is 24.3 Å². The van der Waals surface area contributed by atoms with E-state index in [1.165, 1.54) is 5.56 Å². The predicted octanol–water partition coefficient (Wildman–Crippen LogP) is 2.53. The number of likely N-dealkylation sites (N-methyl/N-ethyl adjacent to an activating group) is 1. The molecule has 0 saturated heterocycles. The number of carboxylic acids is 1. The Morgan fingerprint density at radius 1 is 1.38 bits per heavy atom. The standard InChI is InChI=1S/C16H23NO4/c1-4-13(16(18)19)17(3)11(2)5-6-12-7-8-14-15(9-12)21-10-20-14/h7-9,11,13H,4-6,10H2,1-3H3,(H,18,19). The fourth-order valence-corrected chi connectivity index (χ4v) is 2.62. The molecule has 0 amide bonds. The summed E-state index contributed by atoms with van der Waals surface area (Å²) in [5.74, 6) is 0.834. The van der Waals surface area contributed by atoms with E-state index in [1.54, 1.807) is 0 Å². The molecule has 0 bridgehead atoms. The Labute approximate surface area is 125 Å². The van der Waals surface area contributed by atoms with Crippen LogP contribution in [-0.4, -0.2) is 41.9 Å². The van der Waals surface area contributed by atoms with Gasteiger partial charge < -0.3 is 14.6 Å². The highest BCUT2D eigenvalue weighted by atomic mass is 16.7. The molecule has 1 aromatic rings. The minimum atomic E-state index is -0.755. The number of fused-ring (bicyclic) bond motifs is 1. The fraction of sp³-hybridized carbons (Fsp3) is 0.562. The molecule has 1 aliphatic heterocycles. The van der Waals surface area contributed by atoms with Gasteiger partial charge >= 0.3 is 5.97 Å². The van der Waals surface area contributed by atoms with Crippen LogP contribution < -0.4 is 9.47 Å². The van der Waals surface area contributed by atoms with Crippen LogP contribution in [0.15, 0.2) is 18.2 Å². The summed E-state index contributed by atoms with van der Waals surface area (Å²) >= 11 is 0. The highest BCUT2D eigenvalue weighted by Gasteiger charge is 2.24. The zero-order chi connectivity index (χ0) is 15.4. The smallest absolute Gasteiger partial charge is 0.320 e. The van der Waals surface area contributed by atoms with Crippen molar-refractivity contribution in [3.05, 3.63) is 23.8 Å².